The Hall–Kier alpha value is -9.42. The fraction of sp³-hybridized carbons (Fsp3) is 0.438. The molecule has 0 aromatic heterocycles. The second-order valence-electron chi connectivity index (χ2n) is 32.2. The standard InChI is InChI=1S/C89H97N3O14/c1-46(2)53-20-29-58(30-21-53)101-70-39-66-74-67(85(94)91(84(66)93)82(50(9)10)88(97)105-62-17-13-15-52(37-62)19-28-64-44-99-64)40-71(102-59-31-22-54(23-32-59)47(3)4)77-79-73(104-61-35-26-56(27-36-61)49(7)8)42-69-75-68(41-72(78(81(75)79)76(70)80(74)77)103-60-33-24-55(25-34-60)48(5)6)86(95)92(87(69)96)83(51(11)12)89(98)106-63-18-14-16-57(38-63)90-43-65-45-100-65/h20-27,29-36,39-42,46-52,57,62-65,82-83,90H,13-19,28,37-38,43-45H2,1-12H3. The monoisotopic (exact) mass is 1430 g/mol. The second-order valence-corrected chi connectivity index (χ2v) is 32.2. The van der Waals surface area contributed by atoms with Crippen molar-refractivity contribution in [2.24, 2.45) is 17.8 Å². The predicted octanol–water partition coefficient (Wildman–Crippen LogP) is 19.8. The van der Waals surface area contributed by atoms with Gasteiger partial charge in [-0.1, -0.05) is 138 Å². The van der Waals surface area contributed by atoms with Gasteiger partial charge in [0.15, 0.2) is 0 Å². The molecule has 9 aromatic rings. The molecule has 106 heavy (non-hydrogen) atoms. The van der Waals surface area contributed by atoms with Gasteiger partial charge in [0.2, 0.25) is 0 Å². The largest absolute Gasteiger partial charge is 0.461 e. The summed E-state index contributed by atoms with van der Waals surface area (Å²) in [6.45, 7) is 26.3. The van der Waals surface area contributed by atoms with Crippen molar-refractivity contribution in [3.8, 4) is 46.0 Å². The van der Waals surface area contributed by atoms with Gasteiger partial charge in [0.25, 0.3) is 23.6 Å². The van der Waals surface area contributed by atoms with E-state index in [-0.39, 0.29) is 97.9 Å². The molecule has 0 radical (unpaired) electrons. The van der Waals surface area contributed by atoms with Gasteiger partial charge >= 0.3 is 11.9 Å². The Kier molecular flexibility index (Phi) is 20.0. The minimum Gasteiger partial charge on any atom is -0.461 e. The Labute approximate surface area is 620 Å². The van der Waals surface area contributed by atoms with E-state index in [2.05, 4.69) is 60.7 Å². The Morgan fingerprint density at radius 1 is 0.406 bits per heavy atom. The summed E-state index contributed by atoms with van der Waals surface area (Å²) in [5, 5.41) is 6.08. The molecule has 8 unspecified atom stereocenters. The molecule has 0 bridgehead atoms. The van der Waals surface area contributed by atoms with Crippen LogP contribution in [-0.2, 0) is 28.5 Å². The van der Waals surface area contributed by atoms with Crippen LogP contribution in [0.1, 0.15) is 235 Å². The molecule has 2 aliphatic carbocycles. The Morgan fingerprint density at radius 2 is 0.726 bits per heavy atom. The number of rotatable bonds is 26. The van der Waals surface area contributed by atoms with E-state index in [1.165, 1.54) is 0 Å². The number of amides is 4. The van der Waals surface area contributed by atoms with Crippen molar-refractivity contribution >= 4 is 78.7 Å². The molecule has 17 nitrogen and oxygen atoms in total. The molecular weight excluding hydrogens is 1330 g/mol. The van der Waals surface area contributed by atoms with E-state index in [1.807, 2.05) is 111 Å². The first-order valence-corrected chi connectivity index (χ1v) is 38.6. The van der Waals surface area contributed by atoms with Crippen LogP contribution in [-0.4, -0.2) is 108 Å². The minimum atomic E-state index is -1.38. The van der Waals surface area contributed by atoms with Gasteiger partial charge in [-0.25, -0.2) is 9.59 Å². The van der Waals surface area contributed by atoms with Crippen LogP contribution in [0.15, 0.2) is 121 Å². The first kappa shape index (κ1) is 72.2. The number of ether oxygens (including phenoxy) is 8. The first-order valence-electron chi connectivity index (χ1n) is 38.6. The summed E-state index contributed by atoms with van der Waals surface area (Å²) in [6, 6.07) is 34.8. The number of epoxide rings is 2. The number of carbonyl (C=O) groups is 6. The second kappa shape index (κ2) is 29.4. The average Bonchev–Trinajstić information content (AvgIpc) is 0.809. The zero-order valence-electron chi connectivity index (χ0n) is 62.9. The fourth-order valence-corrected chi connectivity index (χ4v) is 16.6. The summed E-state index contributed by atoms with van der Waals surface area (Å²) in [4.78, 5) is 98.6. The van der Waals surface area contributed by atoms with Crippen LogP contribution in [0.5, 0.6) is 46.0 Å². The molecule has 0 spiro atoms. The third kappa shape index (κ3) is 14.1. The van der Waals surface area contributed by atoms with Crippen molar-refractivity contribution in [1.29, 1.82) is 0 Å². The van der Waals surface area contributed by atoms with E-state index in [0.29, 0.717) is 100 Å². The molecular formula is C89H97N3O14. The zero-order valence-corrected chi connectivity index (χ0v) is 62.9. The average molecular weight is 1430 g/mol. The summed E-state index contributed by atoms with van der Waals surface area (Å²) in [6.07, 6.45) is 7.58. The third-order valence-corrected chi connectivity index (χ3v) is 22.6. The lowest BCUT2D eigenvalue weighted by atomic mass is 9.80. The molecule has 1 N–H and O–H groups in total. The van der Waals surface area contributed by atoms with Gasteiger partial charge in [0, 0.05) is 55.7 Å². The van der Waals surface area contributed by atoms with Crippen LogP contribution in [0.3, 0.4) is 0 Å². The number of benzene rings is 9. The van der Waals surface area contributed by atoms with Crippen molar-refractivity contribution in [3.63, 3.8) is 0 Å². The molecule has 2 saturated carbocycles. The molecule has 2 saturated heterocycles. The van der Waals surface area contributed by atoms with Gasteiger partial charge in [-0.2, -0.15) is 0 Å². The first-order chi connectivity index (χ1) is 51.0. The molecule has 9 aromatic carbocycles. The van der Waals surface area contributed by atoms with Crippen LogP contribution >= 0.6 is 0 Å². The maximum absolute atomic E-state index is 16.5. The number of hydrogen-bond donors (Lipinski definition) is 1. The Bertz CT molecular complexity index is 4340. The molecule has 15 rings (SSSR count). The summed E-state index contributed by atoms with van der Waals surface area (Å²) in [5.41, 5.74) is 4.42. The Morgan fingerprint density at radius 3 is 1.04 bits per heavy atom. The number of esters is 2. The molecule has 4 heterocycles. The van der Waals surface area contributed by atoms with Crippen LogP contribution in [0.4, 0.5) is 0 Å². The lowest BCUT2D eigenvalue weighted by molar-refractivity contribution is -0.158. The summed E-state index contributed by atoms with van der Waals surface area (Å²) in [5.74, 6) is -2.44. The highest BCUT2D eigenvalue weighted by Crippen LogP contribution is 2.59. The van der Waals surface area contributed by atoms with E-state index in [9.17, 15) is 0 Å². The van der Waals surface area contributed by atoms with Crippen LogP contribution in [0.25, 0.3) is 43.1 Å². The number of imide groups is 2. The maximum Gasteiger partial charge on any atom is 0.329 e. The van der Waals surface area contributed by atoms with Gasteiger partial charge in [-0.15, -0.1) is 0 Å². The number of nitrogens with zero attached hydrogens (tertiary/aromatic N) is 2. The minimum absolute atomic E-state index is 0.0515. The van der Waals surface area contributed by atoms with Crippen molar-refractivity contribution < 1.29 is 66.7 Å². The van der Waals surface area contributed by atoms with Gasteiger partial charge in [0.05, 0.1) is 47.7 Å². The number of nitrogens with one attached hydrogen (secondary N) is 1. The summed E-state index contributed by atoms with van der Waals surface area (Å²) >= 11 is 0. The van der Waals surface area contributed by atoms with Crippen LogP contribution in [0.2, 0.25) is 0 Å². The molecule has 8 atom stereocenters. The highest BCUT2D eigenvalue weighted by atomic mass is 16.6. The van der Waals surface area contributed by atoms with Crippen molar-refractivity contribution in [1.82, 2.24) is 15.1 Å². The van der Waals surface area contributed by atoms with Gasteiger partial charge in [0.1, 0.15) is 70.3 Å². The summed E-state index contributed by atoms with van der Waals surface area (Å²) < 4.78 is 53.4. The van der Waals surface area contributed by atoms with Crippen molar-refractivity contribution in [2.45, 2.75) is 214 Å². The maximum atomic E-state index is 16.5. The molecule has 6 aliphatic rings. The third-order valence-electron chi connectivity index (χ3n) is 22.6. The smallest absolute Gasteiger partial charge is 0.329 e. The van der Waals surface area contributed by atoms with E-state index in [0.717, 1.165) is 77.2 Å². The number of carbonyl (C=O) groups excluding carboxylic acids is 6. The molecule has 4 aliphatic heterocycles. The van der Waals surface area contributed by atoms with E-state index in [1.54, 1.807) is 38.1 Å². The van der Waals surface area contributed by atoms with E-state index >= 15 is 28.8 Å². The van der Waals surface area contributed by atoms with E-state index in [4.69, 9.17) is 37.9 Å². The van der Waals surface area contributed by atoms with Gasteiger partial charge in [-0.05, 0) is 194 Å². The SMILES string of the molecule is CC(C)c1ccc(Oc2cc3c4c(cc(Oc5ccc(C(C)C)cc5)c5c6c(Oc7ccc(C(C)C)cc7)cc7c8c(cc(Oc9ccc(C(C)C)cc9)c(c2c45)c86)C(=O)N(C(C(=O)OC2CCCC(NCC4CO4)C2)C(C)C)C7=O)C(=O)N(C(C(=O)OC2CCCC(CCC4CO4)C2)C(C)C)C3=O)cc1. The van der Waals surface area contributed by atoms with Gasteiger partial charge < -0.3 is 43.2 Å². The van der Waals surface area contributed by atoms with Crippen molar-refractivity contribution in [3.05, 3.63) is 166 Å². The summed E-state index contributed by atoms with van der Waals surface area (Å²) in [7, 11) is 0. The van der Waals surface area contributed by atoms with Crippen LogP contribution in [0, 0.1) is 17.8 Å². The highest BCUT2D eigenvalue weighted by molar-refractivity contribution is 6.45. The lowest BCUT2D eigenvalue weighted by Gasteiger charge is -2.38. The molecule has 4 amide bonds. The number of fused-ring (bicyclic) bond motifs is 2. The van der Waals surface area contributed by atoms with Gasteiger partial charge in [-0.3, -0.25) is 29.0 Å². The predicted molar refractivity (Wildman–Crippen MR) is 409 cm³/mol. The fourth-order valence-electron chi connectivity index (χ4n) is 16.6. The molecule has 552 valence electrons. The molecule has 17 heteroatoms. The zero-order chi connectivity index (χ0) is 74.3. The highest BCUT2D eigenvalue weighted by Gasteiger charge is 2.49. The van der Waals surface area contributed by atoms with Crippen LogP contribution < -0.4 is 24.3 Å². The lowest BCUT2D eigenvalue weighted by Crippen LogP contribution is -2.54. The normalized spacial score (nSPS) is 20.7. The number of hydrogen-bond acceptors (Lipinski definition) is 15. The Balaban J connectivity index is 1.01. The molecule has 4 fully saturated rings. The quantitative estimate of drug-likeness (QED) is 0.0176. The van der Waals surface area contributed by atoms with E-state index < -0.39 is 71.7 Å². The van der Waals surface area contributed by atoms with Crippen molar-refractivity contribution in [2.75, 3.05) is 19.8 Å². The topological polar surface area (TPSA) is 201 Å².